The molecule has 2 heterocycles. The largest absolute Gasteiger partial charge is 0.311 e. The number of aromatic nitrogens is 2. The Balaban J connectivity index is 1.76. The van der Waals surface area contributed by atoms with E-state index in [1.165, 1.54) is 12.8 Å². The van der Waals surface area contributed by atoms with Gasteiger partial charge in [0.2, 0.25) is 0 Å². The summed E-state index contributed by atoms with van der Waals surface area (Å²) in [7, 11) is 0. The van der Waals surface area contributed by atoms with Gasteiger partial charge >= 0.3 is 0 Å². The zero-order chi connectivity index (χ0) is 11.0. The van der Waals surface area contributed by atoms with Gasteiger partial charge in [0.1, 0.15) is 5.65 Å². The summed E-state index contributed by atoms with van der Waals surface area (Å²) in [5, 5.41) is 4.20. The van der Waals surface area contributed by atoms with E-state index in [9.17, 15) is 0 Å². The smallest absolute Gasteiger partial charge is 0.137 e. The summed E-state index contributed by atoms with van der Waals surface area (Å²) in [6.45, 7) is 1.98. The van der Waals surface area contributed by atoms with Gasteiger partial charge in [-0.3, -0.25) is 0 Å². The van der Waals surface area contributed by atoms with E-state index in [0.717, 1.165) is 35.4 Å². The molecule has 1 fully saturated rings. The molecule has 84 valence electrons. The Morgan fingerprint density at radius 3 is 3.12 bits per heavy atom. The van der Waals surface area contributed by atoms with E-state index < -0.39 is 0 Å². The minimum absolute atomic E-state index is 0.744. The van der Waals surface area contributed by atoms with Gasteiger partial charge in [0.25, 0.3) is 0 Å². The van der Waals surface area contributed by atoms with Crippen molar-refractivity contribution in [2.45, 2.75) is 19.4 Å². The molecule has 2 aromatic rings. The predicted molar refractivity (Wildman–Crippen MR) is 64.6 cm³/mol. The molecule has 3 nitrogen and oxygen atoms in total. The highest BCUT2D eigenvalue weighted by Crippen LogP contribution is 2.27. The van der Waals surface area contributed by atoms with Crippen molar-refractivity contribution in [3.8, 4) is 0 Å². The van der Waals surface area contributed by atoms with Gasteiger partial charge in [0.15, 0.2) is 0 Å². The number of hydrogen-bond donors (Lipinski definition) is 1. The predicted octanol–water partition coefficient (Wildman–Crippen LogP) is 2.49. The lowest BCUT2D eigenvalue weighted by Gasteiger charge is -2.03. The van der Waals surface area contributed by atoms with Crippen molar-refractivity contribution in [1.29, 1.82) is 0 Å². The van der Waals surface area contributed by atoms with E-state index in [-0.39, 0.29) is 0 Å². The molecule has 1 saturated carbocycles. The number of pyridine rings is 1. The Hall–Kier alpha value is -1.06. The van der Waals surface area contributed by atoms with Crippen molar-refractivity contribution in [3.05, 3.63) is 35.2 Å². The third-order valence-corrected chi connectivity index (χ3v) is 3.21. The standard InChI is InChI=1S/C12H14ClN3/c13-10-3-4-12-15-7-11(16(12)8-10)6-14-5-9-1-2-9/h3-4,7-9,14H,1-2,5-6H2. The number of fused-ring (bicyclic) bond motifs is 1. The molecular formula is C12H14ClN3. The first-order valence-electron chi connectivity index (χ1n) is 5.65. The van der Waals surface area contributed by atoms with Crippen LogP contribution in [0.25, 0.3) is 5.65 Å². The van der Waals surface area contributed by atoms with E-state index in [4.69, 9.17) is 11.6 Å². The van der Waals surface area contributed by atoms with Crippen LogP contribution in [0.15, 0.2) is 24.5 Å². The molecule has 0 amide bonds. The fourth-order valence-corrected chi connectivity index (χ4v) is 2.02. The summed E-state index contributed by atoms with van der Waals surface area (Å²) in [4.78, 5) is 4.34. The molecule has 0 spiro atoms. The molecule has 0 bridgehead atoms. The summed E-state index contributed by atoms with van der Waals surface area (Å²) < 4.78 is 2.04. The molecule has 0 saturated heterocycles. The van der Waals surface area contributed by atoms with E-state index in [2.05, 4.69) is 10.3 Å². The Morgan fingerprint density at radius 2 is 2.31 bits per heavy atom. The molecule has 1 aliphatic rings. The van der Waals surface area contributed by atoms with Crippen LogP contribution in [0.2, 0.25) is 5.02 Å². The highest BCUT2D eigenvalue weighted by molar-refractivity contribution is 6.30. The summed E-state index contributed by atoms with van der Waals surface area (Å²) in [5.41, 5.74) is 2.12. The zero-order valence-corrected chi connectivity index (χ0v) is 9.74. The second-order valence-electron chi connectivity index (χ2n) is 4.40. The Morgan fingerprint density at radius 1 is 1.44 bits per heavy atom. The fourth-order valence-electron chi connectivity index (χ4n) is 1.86. The Bertz CT molecular complexity index is 502. The SMILES string of the molecule is Clc1ccc2ncc(CNCC3CC3)n2c1. The maximum atomic E-state index is 5.97. The topological polar surface area (TPSA) is 29.3 Å². The molecule has 2 aromatic heterocycles. The van der Waals surface area contributed by atoms with Gasteiger partial charge in [0, 0.05) is 12.7 Å². The first-order chi connectivity index (χ1) is 7.83. The van der Waals surface area contributed by atoms with Crippen LogP contribution in [0.1, 0.15) is 18.5 Å². The van der Waals surface area contributed by atoms with Crippen LogP contribution in [0.3, 0.4) is 0 Å². The van der Waals surface area contributed by atoms with Crippen molar-refractivity contribution in [3.63, 3.8) is 0 Å². The molecule has 3 rings (SSSR count). The van der Waals surface area contributed by atoms with Gasteiger partial charge < -0.3 is 9.72 Å². The third-order valence-electron chi connectivity index (χ3n) is 2.98. The van der Waals surface area contributed by atoms with E-state index in [1.54, 1.807) is 0 Å². The highest BCUT2D eigenvalue weighted by atomic mass is 35.5. The van der Waals surface area contributed by atoms with E-state index >= 15 is 0 Å². The quantitative estimate of drug-likeness (QED) is 0.882. The van der Waals surface area contributed by atoms with Gasteiger partial charge in [-0.2, -0.15) is 0 Å². The fraction of sp³-hybridized carbons (Fsp3) is 0.417. The third kappa shape index (κ3) is 2.06. The number of hydrogen-bond acceptors (Lipinski definition) is 2. The molecule has 1 N–H and O–H groups in total. The first-order valence-corrected chi connectivity index (χ1v) is 6.03. The lowest BCUT2D eigenvalue weighted by atomic mass is 10.4. The summed E-state index contributed by atoms with van der Waals surface area (Å²) in [6.07, 6.45) is 6.58. The maximum Gasteiger partial charge on any atom is 0.137 e. The van der Waals surface area contributed by atoms with Crippen molar-refractivity contribution >= 4 is 17.2 Å². The van der Waals surface area contributed by atoms with Crippen LogP contribution in [0.5, 0.6) is 0 Å². The second-order valence-corrected chi connectivity index (χ2v) is 4.84. The van der Waals surface area contributed by atoms with Crippen LogP contribution < -0.4 is 5.32 Å². The number of halogens is 1. The van der Waals surface area contributed by atoms with Crippen LogP contribution in [-0.2, 0) is 6.54 Å². The zero-order valence-electron chi connectivity index (χ0n) is 8.99. The monoisotopic (exact) mass is 235 g/mol. The highest BCUT2D eigenvalue weighted by Gasteiger charge is 2.20. The number of rotatable bonds is 4. The maximum absolute atomic E-state index is 5.97. The number of nitrogens with one attached hydrogen (secondary N) is 1. The van der Waals surface area contributed by atoms with Crippen molar-refractivity contribution in [2.24, 2.45) is 5.92 Å². The van der Waals surface area contributed by atoms with Crippen LogP contribution in [0.4, 0.5) is 0 Å². The molecule has 0 aromatic carbocycles. The first kappa shape index (κ1) is 10.1. The average Bonchev–Trinajstić information content (AvgIpc) is 3.01. The molecule has 0 radical (unpaired) electrons. The molecule has 0 unspecified atom stereocenters. The van der Waals surface area contributed by atoms with Crippen LogP contribution in [-0.4, -0.2) is 15.9 Å². The van der Waals surface area contributed by atoms with Gasteiger partial charge in [0.05, 0.1) is 16.9 Å². The second kappa shape index (κ2) is 4.07. The van der Waals surface area contributed by atoms with E-state index in [0.29, 0.717) is 0 Å². The number of imidazole rings is 1. The van der Waals surface area contributed by atoms with Gasteiger partial charge in [-0.05, 0) is 37.4 Å². The van der Waals surface area contributed by atoms with Crippen molar-refractivity contribution < 1.29 is 0 Å². The molecule has 16 heavy (non-hydrogen) atoms. The minimum Gasteiger partial charge on any atom is -0.311 e. The van der Waals surface area contributed by atoms with E-state index in [1.807, 2.05) is 28.9 Å². The van der Waals surface area contributed by atoms with Crippen molar-refractivity contribution in [1.82, 2.24) is 14.7 Å². The lowest BCUT2D eigenvalue weighted by molar-refractivity contribution is 0.627. The lowest BCUT2D eigenvalue weighted by Crippen LogP contribution is -2.17. The molecule has 4 heteroatoms. The minimum atomic E-state index is 0.744. The molecule has 0 aliphatic heterocycles. The molecule has 0 atom stereocenters. The summed E-state index contributed by atoms with van der Waals surface area (Å²) in [6, 6.07) is 3.80. The average molecular weight is 236 g/mol. The van der Waals surface area contributed by atoms with Crippen LogP contribution >= 0.6 is 11.6 Å². The normalized spacial score (nSPS) is 15.8. The Labute approximate surface area is 99.4 Å². The van der Waals surface area contributed by atoms with Gasteiger partial charge in [-0.1, -0.05) is 11.6 Å². The van der Waals surface area contributed by atoms with Crippen molar-refractivity contribution in [2.75, 3.05) is 6.54 Å². The molecular weight excluding hydrogens is 222 g/mol. The summed E-state index contributed by atoms with van der Waals surface area (Å²) >= 11 is 5.97. The van der Waals surface area contributed by atoms with Crippen LogP contribution in [0, 0.1) is 5.92 Å². The molecule has 1 aliphatic carbocycles. The Kier molecular flexibility index (Phi) is 2.58. The summed E-state index contributed by atoms with van der Waals surface area (Å²) in [5.74, 6) is 0.905. The van der Waals surface area contributed by atoms with Gasteiger partial charge in [-0.25, -0.2) is 4.98 Å². The van der Waals surface area contributed by atoms with Gasteiger partial charge in [-0.15, -0.1) is 0 Å². The number of nitrogens with zero attached hydrogens (tertiary/aromatic N) is 2.